The summed E-state index contributed by atoms with van der Waals surface area (Å²) < 4.78 is 0. The summed E-state index contributed by atoms with van der Waals surface area (Å²) in [6.07, 6.45) is -0.361. The van der Waals surface area contributed by atoms with Gasteiger partial charge in [-0.3, -0.25) is 28.8 Å². The second-order valence-electron chi connectivity index (χ2n) is 4.00. The molecule has 0 aromatic carbocycles. The van der Waals surface area contributed by atoms with Gasteiger partial charge in [0.05, 0.1) is 0 Å². The molecule has 0 radical (unpaired) electrons. The van der Waals surface area contributed by atoms with E-state index in [1.54, 1.807) is 0 Å². The van der Waals surface area contributed by atoms with E-state index in [2.05, 4.69) is 0 Å². The number of hydrogen-bond acceptors (Lipinski definition) is 6. The minimum Gasteiger partial charge on any atom is -0.481 e. The van der Waals surface area contributed by atoms with Crippen LogP contribution in [0.2, 0.25) is 0 Å². The lowest BCUT2D eigenvalue weighted by Gasteiger charge is -2.19. The van der Waals surface area contributed by atoms with E-state index in [0.717, 1.165) is 20.8 Å². The highest BCUT2D eigenvalue weighted by atomic mass is 16.4. The van der Waals surface area contributed by atoms with Crippen molar-refractivity contribution in [3.63, 3.8) is 0 Å². The maximum Gasteiger partial charge on any atom is 0.332 e. The molecule has 0 rings (SSSR count). The van der Waals surface area contributed by atoms with Crippen LogP contribution in [0.5, 0.6) is 0 Å². The molecule has 0 bridgehead atoms. The van der Waals surface area contributed by atoms with E-state index >= 15 is 0 Å². The zero-order chi connectivity index (χ0) is 16.7. The van der Waals surface area contributed by atoms with Gasteiger partial charge in [0, 0.05) is 0 Å². The molecule has 2 N–H and O–H groups in total. The van der Waals surface area contributed by atoms with E-state index in [0.29, 0.717) is 0 Å². The van der Waals surface area contributed by atoms with Crippen molar-refractivity contribution in [1.82, 2.24) is 0 Å². The average Bonchev–Trinajstić information content (AvgIpc) is 2.12. The first kappa shape index (κ1) is 19.9. The number of Topliss-reactive ketones (excluding diaryl/α,β-unsaturated/α-hetero) is 4. The Balaban J connectivity index is 0. The van der Waals surface area contributed by atoms with Crippen molar-refractivity contribution < 1.29 is 39.0 Å². The molecule has 0 amide bonds. The molecule has 0 spiro atoms. The Morgan fingerprint density at radius 2 is 1.05 bits per heavy atom. The lowest BCUT2D eigenvalue weighted by atomic mass is 9.77. The Labute approximate surface area is 114 Å². The normalized spacial score (nSPS) is 9.80. The van der Waals surface area contributed by atoms with Gasteiger partial charge in [-0.1, -0.05) is 0 Å². The highest BCUT2D eigenvalue weighted by Gasteiger charge is 2.52. The smallest absolute Gasteiger partial charge is 0.332 e. The standard InChI is InChI=1S/C8H10O5.C4H6O3/c1-4(9)8(5(2)10,6(3)11)7(12)13;1-3(5)2-4(6)7/h1-3H3,(H,12,13);2H2,1H3,(H,6,7). The number of hydrogen-bond donors (Lipinski definition) is 2. The molecule has 0 saturated carbocycles. The number of carboxylic acids is 2. The number of aliphatic carboxylic acids is 2. The van der Waals surface area contributed by atoms with E-state index in [4.69, 9.17) is 10.2 Å². The fourth-order valence-corrected chi connectivity index (χ4v) is 1.41. The topological polar surface area (TPSA) is 143 Å². The van der Waals surface area contributed by atoms with Gasteiger partial charge >= 0.3 is 11.9 Å². The molecule has 0 atom stereocenters. The number of carbonyl (C=O) groups excluding carboxylic acids is 4. The predicted octanol–water partition coefficient (Wildman–Crippen LogP) is -0.125. The van der Waals surface area contributed by atoms with Crippen molar-refractivity contribution in [1.29, 1.82) is 0 Å². The molecule has 0 aliphatic rings. The first-order valence-corrected chi connectivity index (χ1v) is 5.38. The van der Waals surface area contributed by atoms with Gasteiger partial charge < -0.3 is 10.2 Å². The molecular weight excluding hydrogens is 272 g/mol. The molecule has 0 aliphatic carbocycles. The molecule has 112 valence electrons. The van der Waals surface area contributed by atoms with Gasteiger partial charge in [-0.2, -0.15) is 0 Å². The first-order chi connectivity index (χ1) is 8.90. The molecule has 8 heteroatoms. The zero-order valence-electron chi connectivity index (χ0n) is 11.6. The number of carboxylic acid groups (broad SMARTS) is 2. The van der Waals surface area contributed by atoms with Crippen molar-refractivity contribution in [3.05, 3.63) is 0 Å². The average molecular weight is 288 g/mol. The third-order valence-electron chi connectivity index (χ3n) is 2.31. The summed E-state index contributed by atoms with van der Waals surface area (Å²) >= 11 is 0. The molecule has 0 aliphatic heterocycles. The monoisotopic (exact) mass is 288 g/mol. The van der Waals surface area contributed by atoms with E-state index in [1.165, 1.54) is 6.92 Å². The van der Waals surface area contributed by atoms with Crippen LogP contribution in [0.3, 0.4) is 0 Å². The van der Waals surface area contributed by atoms with E-state index in [-0.39, 0.29) is 12.2 Å². The van der Waals surface area contributed by atoms with Gasteiger partial charge in [0.2, 0.25) is 5.41 Å². The second-order valence-corrected chi connectivity index (χ2v) is 4.00. The number of rotatable bonds is 6. The SMILES string of the molecule is CC(=O)C(C(C)=O)(C(C)=O)C(=O)O.CC(=O)CC(=O)O. The van der Waals surface area contributed by atoms with Crippen LogP contribution in [0.1, 0.15) is 34.1 Å². The Bertz CT molecular complexity index is 387. The molecule has 0 aromatic heterocycles. The van der Waals surface area contributed by atoms with Gasteiger partial charge in [0.25, 0.3) is 0 Å². The van der Waals surface area contributed by atoms with Crippen LogP contribution in [0.4, 0.5) is 0 Å². The summed E-state index contributed by atoms with van der Waals surface area (Å²) in [4.78, 5) is 63.0. The highest BCUT2D eigenvalue weighted by molar-refractivity contribution is 6.35. The summed E-state index contributed by atoms with van der Waals surface area (Å²) in [5, 5.41) is 16.5. The Kier molecular flexibility index (Phi) is 7.90. The van der Waals surface area contributed by atoms with Crippen LogP contribution < -0.4 is 0 Å². The van der Waals surface area contributed by atoms with Gasteiger partial charge in [-0.15, -0.1) is 0 Å². The van der Waals surface area contributed by atoms with Crippen LogP contribution >= 0.6 is 0 Å². The lowest BCUT2D eigenvalue weighted by molar-refractivity contribution is -0.162. The number of ketones is 4. The quantitative estimate of drug-likeness (QED) is 0.643. The summed E-state index contributed by atoms with van der Waals surface area (Å²) in [7, 11) is 0. The zero-order valence-corrected chi connectivity index (χ0v) is 11.6. The van der Waals surface area contributed by atoms with E-state index in [9.17, 15) is 28.8 Å². The summed E-state index contributed by atoms with van der Waals surface area (Å²) in [6.45, 7) is 3.99. The summed E-state index contributed by atoms with van der Waals surface area (Å²) in [6, 6.07) is 0. The molecule has 8 nitrogen and oxygen atoms in total. The van der Waals surface area contributed by atoms with Crippen LogP contribution in [0.25, 0.3) is 0 Å². The van der Waals surface area contributed by atoms with Crippen LogP contribution in [0.15, 0.2) is 0 Å². The minimum absolute atomic E-state index is 0.312. The fraction of sp³-hybridized carbons (Fsp3) is 0.500. The predicted molar refractivity (Wildman–Crippen MR) is 65.0 cm³/mol. The van der Waals surface area contributed by atoms with Crippen molar-refractivity contribution in [2.45, 2.75) is 34.1 Å². The van der Waals surface area contributed by atoms with Gasteiger partial charge in [0.15, 0.2) is 17.3 Å². The Hall–Kier alpha value is -2.38. The first-order valence-electron chi connectivity index (χ1n) is 5.38. The molecule has 0 fully saturated rings. The van der Waals surface area contributed by atoms with Crippen molar-refractivity contribution in [2.75, 3.05) is 0 Å². The molecule has 20 heavy (non-hydrogen) atoms. The Morgan fingerprint density at radius 1 is 0.750 bits per heavy atom. The van der Waals surface area contributed by atoms with Crippen molar-refractivity contribution in [3.8, 4) is 0 Å². The van der Waals surface area contributed by atoms with Crippen molar-refractivity contribution >= 4 is 35.1 Å². The second kappa shape index (κ2) is 7.93. The third-order valence-corrected chi connectivity index (χ3v) is 2.31. The largest absolute Gasteiger partial charge is 0.481 e. The maximum absolute atomic E-state index is 11.0. The third kappa shape index (κ3) is 5.09. The van der Waals surface area contributed by atoms with Gasteiger partial charge in [-0.25, -0.2) is 0 Å². The minimum atomic E-state index is -2.50. The number of carbonyl (C=O) groups is 6. The van der Waals surface area contributed by atoms with Gasteiger partial charge in [0.1, 0.15) is 12.2 Å². The van der Waals surface area contributed by atoms with Crippen LogP contribution in [-0.2, 0) is 28.8 Å². The summed E-state index contributed by atoms with van der Waals surface area (Å²) in [5.41, 5.74) is -2.50. The molecule has 0 saturated heterocycles. The molecule has 0 heterocycles. The fourth-order valence-electron chi connectivity index (χ4n) is 1.41. The maximum atomic E-state index is 11.0. The van der Waals surface area contributed by atoms with Crippen LogP contribution in [0, 0.1) is 5.41 Å². The highest BCUT2D eigenvalue weighted by Crippen LogP contribution is 2.21. The molecule has 0 aromatic rings. The van der Waals surface area contributed by atoms with E-state index in [1.807, 2.05) is 0 Å². The van der Waals surface area contributed by atoms with Crippen molar-refractivity contribution in [2.24, 2.45) is 5.41 Å². The molecular formula is C12H16O8. The molecule has 0 unspecified atom stereocenters. The lowest BCUT2D eigenvalue weighted by Crippen LogP contribution is -2.49. The van der Waals surface area contributed by atoms with E-state index < -0.39 is 34.7 Å². The van der Waals surface area contributed by atoms with Crippen LogP contribution in [-0.4, -0.2) is 45.3 Å². The van der Waals surface area contributed by atoms with Gasteiger partial charge in [-0.05, 0) is 27.7 Å². The Morgan fingerprint density at radius 3 is 1.05 bits per heavy atom. The summed E-state index contributed by atoms with van der Waals surface area (Å²) in [5.74, 6) is -5.96.